The highest BCUT2D eigenvalue weighted by Gasteiger charge is 2.16. The van der Waals surface area contributed by atoms with E-state index in [1.54, 1.807) is 36.4 Å². The van der Waals surface area contributed by atoms with Crippen LogP contribution in [0.1, 0.15) is 15.9 Å². The second-order valence-electron chi connectivity index (χ2n) is 4.67. The average Bonchev–Trinajstić information content (AvgIpc) is 2.51. The number of hydrogen-bond donors (Lipinski definition) is 0. The van der Waals surface area contributed by atoms with Crippen LogP contribution in [0, 0.1) is 0 Å². The van der Waals surface area contributed by atoms with Crippen LogP contribution in [0.15, 0.2) is 36.4 Å². The van der Waals surface area contributed by atoms with Crippen LogP contribution in [0.3, 0.4) is 0 Å². The maximum absolute atomic E-state index is 12.4. The predicted octanol–water partition coefficient (Wildman–Crippen LogP) is 4.19. The molecule has 0 bridgehead atoms. The van der Waals surface area contributed by atoms with Crippen LogP contribution in [0.25, 0.3) is 0 Å². The minimum atomic E-state index is -0.0452. The van der Waals surface area contributed by atoms with Gasteiger partial charge in [-0.3, -0.25) is 4.79 Å². The van der Waals surface area contributed by atoms with E-state index >= 15 is 0 Å². The van der Waals surface area contributed by atoms with E-state index in [1.165, 1.54) is 0 Å². The number of ether oxygens (including phenoxy) is 2. The smallest absolute Gasteiger partial charge is 0.167 e. The van der Waals surface area contributed by atoms with Gasteiger partial charge < -0.3 is 9.47 Å². The van der Waals surface area contributed by atoms with Crippen molar-refractivity contribution in [2.75, 3.05) is 13.2 Å². The highest BCUT2D eigenvalue weighted by atomic mass is 35.5. The first kappa shape index (κ1) is 14.2. The van der Waals surface area contributed by atoms with Crippen LogP contribution < -0.4 is 9.47 Å². The lowest BCUT2D eigenvalue weighted by molar-refractivity contribution is 0.0991. The predicted molar refractivity (Wildman–Crippen MR) is 81.9 cm³/mol. The van der Waals surface area contributed by atoms with Crippen molar-refractivity contribution in [3.05, 3.63) is 57.6 Å². The molecule has 0 saturated carbocycles. The molecule has 0 aliphatic carbocycles. The molecule has 0 radical (unpaired) electrons. The molecule has 5 heteroatoms. The molecule has 2 aromatic carbocycles. The Morgan fingerprint density at radius 3 is 2.62 bits per heavy atom. The van der Waals surface area contributed by atoms with Gasteiger partial charge in [0.15, 0.2) is 17.3 Å². The number of Topliss-reactive ketones (excluding diaryl/α,β-unsaturated/α-hetero) is 1. The standard InChI is InChI=1S/C16H12Cl2O3/c17-12-3-1-2-11(16(12)18)8-13(19)10-4-5-14-15(9-10)21-7-6-20-14/h1-5,9H,6-8H2. The van der Waals surface area contributed by atoms with E-state index in [1.807, 2.05) is 0 Å². The summed E-state index contributed by atoms with van der Waals surface area (Å²) in [5.74, 6) is 1.22. The minimum absolute atomic E-state index is 0.0452. The molecule has 0 atom stereocenters. The van der Waals surface area contributed by atoms with Crippen molar-refractivity contribution in [3.8, 4) is 11.5 Å². The molecule has 21 heavy (non-hydrogen) atoms. The third kappa shape index (κ3) is 2.99. The largest absolute Gasteiger partial charge is 0.486 e. The Morgan fingerprint density at radius 1 is 1.05 bits per heavy atom. The topological polar surface area (TPSA) is 35.5 Å². The number of hydrogen-bond acceptors (Lipinski definition) is 3. The van der Waals surface area contributed by atoms with E-state index < -0.39 is 0 Å². The number of halogens is 2. The lowest BCUT2D eigenvalue weighted by Crippen LogP contribution is -2.16. The first-order valence-corrected chi connectivity index (χ1v) is 7.26. The monoisotopic (exact) mass is 322 g/mol. The van der Waals surface area contributed by atoms with Crippen LogP contribution >= 0.6 is 23.2 Å². The normalized spacial score (nSPS) is 13.0. The second kappa shape index (κ2) is 5.96. The van der Waals surface area contributed by atoms with Crippen molar-refractivity contribution in [1.29, 1.82) is 0 Å². The van der Waals surface area contributed by atoms with Gasteiger partial charge in [-0.15, -0.1) is 0 Å². The Bertz CT molecular complexity index is 698. The molecule has 3 nitrogen and oxygen atoms in total. The Labute approximate surface area is 132 Å². The molecule has 108 valence electrons. The van der Waals surface area contributed by atoms with Gasteiger partial charge in [0.05, 0.1) is 10.0 Å². The molecular formula is C16H12Cl2O3. The molecule has 0 spiro atoms. The summed E-state index contributed by atoms with van der Waals surface area (Å²) >= 11 is 12.1. The lowest BCUT2D eigenvalue weighted by Gasteiger charge is -2.18. The zero-order chi connectivity index (χ0) is 14.8. The lowest BCUT2D eigenvalue weighted by atomic mass is 10.0. The van der Waals surface area contributed by atoms with E-state index in [0.29, 0.717) is 45.9 Å². The molecule has 0 aromatic heterocycles. The van der Waals surface area contributed by atoms with Gasteiger partial charge in [-0.1, -0.05) is 35.3 Å². The van der Waals surface area contributed by atoms with E-state index in [0.717, 1.165) is 0 Å². The van der Waals surface area contributed by atoms with Crippen molar-refractivity contribution < 1.29 is 14.3 Å². The van der Waals surface area contributed by atoms with E-state index in [2.05, 4.69) is 0 Å². The molecule has 0 fully saturated rings. The third-order valence-electron chi connectivity index (χ3n) is 3.25. The number of benzene rings is 2. The van der Waals surface area contributed by atoms with Crippen LogP contribution in [-0.2, 0) is 6.42 Å². The molecule has 2 aromatic rings. The fourth-order valence-corrected chi connectivity index (χ4v) is 2.56. The van der Waals surface area contributed by atoms with Crippen molar-refractivity contribution in [3.63, 3.8) is 0 Å². The van der Waals surface area contributed by atoms with Crippen molar-refractivity contribution in [1.82, 2.24) is 0 Å². The summed E-state index contributed by atoms with van der Waals surface area (Å²) in [6.45, 7) is 1.02. The summed E-state index contributed by atoms with van der Waals surface area (Å²) in [5.41, 5.74) is 1.28. The van der Waals surface area contributed by atoms with Crippen molar-refractivity contribution in [2.24, 2.45) is 0 Å². The summed E-state index contributed by atoms with van der Waals surface area (Å²) in [6.07, 6.45) is 0.193. The highest BCUT2D eigenvalue weighted by Crippen LogP contribution is 2.32. The van der Waals surface area contributed by atoms with Crippen molar-refractivity contribution in [2.45, 2.75) is 6.42 Å². The van der Waals surface area contributed by atoms with Crippen molar-refractivity contribution >= 4 is 29.0 Å². The molecule has 1 heterocycles. The second-order valence-corrected chi connectivity index (χ2v) is 5.46. The Hall–Kier alpha value is -1.71. The number of fused-ring (bicyclic) bond motifs is 1. The molecule has 3 rings (SSSR count). The van der Waals surface area contributed by atoms with Gasteiger partial charge in [-0.25, -0.2) is 0 Å². The number of rotatable bonds is 3. The molecular weight excluding hydrogens is 311 g/mol. The van der Waals surface area contributed by atoms with Gasteiger partial charge in [-0.05, 0) is 29.8 Å². The molecule has 0 N–H and O–H groups in total. The Morgan fingerprint density at radius 2 is 1.81 bits per heavy atom. The molecule has 1 aliphatic rings. The summed E-state index contributed by atoms with van der Waals surface area (Å²) < 4.78 is 10.9. The fourth-order valence-electron chi connectivity index (χ4n) is 2.18. The zero-order valence-electron chi connectivity index (χ0n) is 11.1. The number of ketones is 1. The van der Waals surface area contributed by atoms with Gasteiger partial charge in [0.2, 0.25) is 0 Å². The van der Waals surface area contributed by atoms with Crippen LogP contribution in [0.4, 0.5) is 0 Å². The maximum atomic E-state index is 12.4. The van der Waals surface area contributed by atoms with Gasteiger partial charge in [0.1, 0.15) is 13.2 Å². The average molecular weight is 323 g/mol. The Balaban J connectivity index is 1.84. The number of carbonyl (C=O) groups excluding carboxylic acids is 1. The van der Waals surface area contributed by atoms with E-state index in [4.69, 9.17) is 32.7 Å². The fraction of sp³-hybridized carbons (Fsp3) is 0.188. The van der Waals surface area contributed by atoms with E-state index in [9.17, 15) is 4.79 Å². The molecule has 0 saturated heterocycles. The summed E-state index contributed by atoms with van der Waals surface area (Å²) in [4.78, 5) is 12.4. The SMILES string of the molecule is O=C(Cc1cccc(Cl)c1Cl)c1ccc2c(c1)OCCO2. The summed E-state index contributed by atoms with van der Waals surface area (Å²) in [6, 6.07) is 10.5. The highest BCUT2D eigenvalue weighted by molar-refractivity contribution is 6.42. The van der Waals surface area contributed by atoms with Gasteiger partial charge in [-0.2, -0.15) is 0 Å². The quantitative estimate of drug-likeness (QED) is 0.795. The summed E-state index contributed by atoms with van der Waals surface area (Å²) in [5, 5.41) is 0.870. The maximum Gasteiger partial charge on any atom is 0.167 e. The summed E-state index contributed by atoms with van der Waals surface area (Å²) in [7, 11) is 0. The molecule has 1 aliphatic heterocycles. The van der Waals surface area contributed by atoms with Crippen LogP contribution in [0.5, 0.6) is 11.5 Å². The Kier molecular flexibility index (Phi) is 4.04. The zero-order valence-corrected chi connectivity index (χ0v) is 12.6. The number of carbonyl (C=O) groups is 1. The first-order valence-electron chi connectivity index (χ1n) is 6.51. The van der Waals surface area contributed by atoms with E-state index in [-0.39, 0.29) is 12.2 Å². The minimum Gasteiger partial charge on any atom is -0.486 e. The van der Waals surface area contributed by atoms with Crippen LogP contribution in [0.2, 0.25) is 10.0 Å². The van der Waals surface area contributed by atoms with Gasteiger partial charge in [0, 0.05) is 12.0 Å². The van der Waals surface area contributed by atoms with Gasteiger partial charge >= 0.3 is 0 Å². The third-order valence-corrected chi connectivity index (χ3v) is 4.10. The first-order chi connectivity index (χ1) is 10.1. The molecule has 0 amide bonds. The van der Waals surface area contributed by atoms with Gasteiger partial charge in [0.25, 0.3) is 0 Å². The molecule has 0 unspecified atom stereocenters. The van der Waals surface area contributed by atoms with Crippen LogP contribution in [-0.4, -0.2) is 19.0 Å².